The molecule has 0 radical (unpaired) electrons. The quantitative estimate of drug-likeness (QED) is 0.924. The van der Waals surface area contributed by atoms with E-state index in [9.17, 15) is 9.59 Å². The highest BCUT2D eigenvalue weighted by molar-refractivity contribution is 6.35. The van der Waals surface area contributed by atoms with Crippen molar-refractivity contribution in [3.05, 3.63) is 28.2 Å². The second kappa shape index (κ2) is 5.67. The maximum Gasteiger partial charge on any atom is 0.326 e. The van der Waals surface area contributed by atoms with Gasteiger partial charge in [-0.15, -0.1) is 0 Å². The molecular formula is C12H11Cl2NO4. The molecule has 2 rings (SSSR count). The fraction of sp³-hybridized carbons (Fsp3) is 0.333. The number of aliphatic carboxylic acids is 1. The summed E-state index contributed by atoms with van der Waals surface area (Å²) in [4.78, 5) is 23.8. The third-order valence-electron chi connectivity index (χ3n) is 2.87. The number of halogens is 2. The number of amides is 1. The summed E-state index contributed by atoms with van der Waals surface area (Å²) in [5, 5.41) is 9.62. The van der Waals surface area contributed by atoms with E-state index >= 15 is 0 Å². The van der Waals surface area contributed by atoms with Gasteiger partial charge in [0.05, 0.1) is 5.02 Å². The number of carboxylic acid groups (broad SMARTS) is 1. The van der Waals surface area contributed by atoms with Crippen LogP contribution in [-0.2, 0) is 9.59 Å². The average molecular weight is 304 g/mol. The standard InChI is InChI=1S/C12H11Cl2NO4/c13-7-1-2-10(8(14)5-7)19-6-11(16)15-4-3-9(15)12(17)18/h1-2,5,9H,3-4,6H2,(H,17,18). The maximum absolute atomic E-state index is 11.8. The number of carbonyl (C=O) groups excluding carboxylic acids is 1. The average Bonchev–Trinajstić information content (AvgIpc) is 2.25. The van der Waals surface area contributed by atoms with E-state index in [-0.39, 0.29) is 12.5 Å². The summed E-state index contributed by atoms with van der Waals surface area (Å²) >= 11 is 11.6. The molecule has 5 nitrogen and oxygen atoms in total. The van der Waals surface area contributed by atoms with Gasteiger partial charge in [-0.3, -0.25) is 4.79 Å². The van der Waals surface area contributed by atoms with Gasteiger partial charge in [0.1, 0.15) is 11.8 Å². The molecular weight excluding hydrogens is 293 g/mol. The van der Waals surface area contributed by atoms with E-state index in [4.69, 9.17) is 33.0 Å². The summed E-state index contributed by atoms with van der Waals surface area (Å²) in [5.41, 5.74) is 0. The fourth-order valence-electron chi connectivity index (χ4n) is 1.76. The van der Waals surface area contributed by atoms with E-state index in [0.717, 1.165) is 0 Å². The van der Waals surface area contributed by atoms with Crippen LogP contribution in [0.4, 0.5) is 0 Å². The molecule has 0 bridgehead atoms. The number of carbonyl (C=O) groups is 2. The molecule has 1 heterocycles. The van der Waals surface area contributed by atoms with Gasteiger partial charge in [0.15, 0.2) is 6.61 Å². The molecule has 1 aliphatic heterocycles. The first-order valence-electron chi connectivity index (χ1n) is 5.59. The first kappa shape index (κ1) is 14.0. The normalized spacial score (nSPS) is 17.8. The van der Waals surface area contributed by atoms with Crippen molar-refractivity contribution in [2.24, 2.45) is 0 Å². The van der Waals surface area contributed by atoms with Crippen molar-refractivity contribution in [3.63, 3.8) is 0 Å². The Hall–Kier alpha value is -1.46. The van der Waals surface area contributed by atoms with Gasteiger partial charge >= 0.3 is 5.97 Å². The van der Waals surface area contributed by atoms with Gasteiger partial charge in [0.25, 0.3) is 5.91 Å². The summed E-state index contributed by atoms with van der Waals surface area (Å²) in [6, 6.07) is 3.92. The molecule has 1 unspecified atom stereocenters. The minimum absolute atomic E-state index is 0.245. The third-order valence-corrected chi connectivity index (χ3v) is 3.40. The van der Waals surface area contributed by atoms with Crippen LogP contribution < -0.4 is 4.74 Å². The van der Waals surface area contributed by atoms with Gasteiger partial charge in [-0.25, -0.2) is 4.79 Å². The summed E-state index contributed by atoms with van der Waals surface area (Å²) in [5.74, 6) is -1.03. The zero-order valence-electron chi connectivity index (χ0n) is 9.81. The van der Waals surface area contributed by atoms with E-state index < -0.39 is 12.0 Å². The van der Waals surface area contributed by atoms with Crippen LogP contribution in [-0.4, -0.2) is 41.1 Å². The molecule has 0 aliphatic carbocycles. The first-order valence-corrected chi connectivity index (χ1v) is 6.35. The lowest BCUT2D eigenvalue weighted by atomic mass is 10.0. The predicted molar refractivity (Wildman–Crippen MR) is 69.7 cm³/mol. The van der Waals surface area contributed by atoms with Crippen molar-refractivity contribution in [2.75, 3.05) is 13.2 Å². The maximum atomic E-state index is 11.8. The molecule has 0 aromatic heterocycles. The SMILES string of the molecule is O=C(O)C1CCN1C(=O)COc1ccc(Cl)cc1Cl. The van der Waals surface area contributed by atoms with Crippen LogP contribution >= 0.6 is 23.2 Å². The van der Waals surface area contributed by atoms with Crippen molar-refractivity contribution in [2.45, 2.75) is 12.5 Å². The smallest absolute Gasteiger partial charge is 0.326 e. The van der Waals surface area contributed by atoms with Gasteiger partial charge in [0.2, 0.25) is 0 Å². The molecule has 1 aliphatic rings. The Balaban J connectivity index is 1.92. The fourth-order valence-corrected chi connectivity index (χ4v) is 2.22. The summed E-state index contributed by atoms with van der Waals surface area (Å²) in [6.07, 6.45) is 0.475. The minimum Gasteiger partial charge on any atom is -0.482 e. The Labute approximate surface area is 119 Å². The van der Waals surface area contributed by atoms with Crippen LogP contribution in [0, 0.1) is 0 Å². The largest absolute Gasteiger partial charge is 0.482 e. The molecule has 1 N–H and O–H groups in total. The van der Waals surface area contributed by atoms with E-state index in [1.54, 1.807) is 12.1 Å². The number of rotatable bonds is 4. The molecule has 0 saturated carbocycles. The lowest BCUT2D eigenvalue weighted by Crippen LogP contribution is -2.56. The number of hydrogen-bond donors (Lipinski definition) is 1. The minimum atomic E-state index is -0.996. The molecule has 7 heteroatoms. The van der Waals surface area contributed by atoms with Crippen LogP contribution in [0.5, 0.6) is 5.75 Å². The van der Waals surface area contributed by atoms with Crippen LogP contribution in [0.25, 0.3) is 0 Å². The van der Waals surface area contributed by atoms with Crippen LogP contribution in [0.2, 0.25) is 10.0 Å². The summed E-state index contributed by atoms with van der Waals surface area (Å²) in [6.45, 7) is 0.193. The molecule has 1 saturated heterocycles. The topological polar surface area (TPSA) is 66.8 Å². The number of ether oxygens (including phenoxy) is 1. The van der Waals surface area contributed by atoms with Crippen molar-refractivity contribution in [1.82, 2.24) is 4.90 Å². The number of likely N-dealkylation sites (tertiary alicyclic amines) is 1. The molecule has 0 spiro atoms. The van der Waals surface area contributed by atoms with Gasteiger partial charge < -0.3 is 14.7 Å². The summed E-state index contributed by atoms with van der Waals surface area (Å²) < 4.78 is 5.26. The molecule has 1 aromatic carbocycles. The van der Waals surface area contributed by atoms with Crippen molar-refractivity contribution < 1.29 is 19.4 Å². The van der Waals surface area contributed by atoms with Crippen molar-refractivity contribution in [3.8, 4) is 5.75 Å². The number of hydrogen-bond acceptors (Lipinski definition) is 3. The zero-order chi connectivity index (χ0) is 14.0. The zero-order valence-corrected chi connectivity index (χ0v) is 11.3. The predicted octanol–water partition coefficient (Wildman–Crippen LogP) is 2.06. The Morgan fingerprint density at radius 3 is 2.68 bits per heavy atom. The molecule has 102 valence electrons. The van der Waals surface area contributed by atoms with Gasteiger partial charge in [-0.2, -0.15) is 0 Å². The van der Waals surface area contributed by atoms with Gasteiger partial charge in [0, 0.05) is 11.6 Å². The van der Waals surface area contributed by atoms with E-state index in [2.05, 4.69) is 0 Å². The van der Waals surface area contributed by atoms with Crippen LogP contribution in [0.1, 0.15) is 6.42 Å². The highest BCUT2D eigenvalue weighted by Gasteiger charge is 2.37. The molecule has 1 aromatic rings. The monoisotopic (exact) mass is 303 g/mol. The van der Waals surface area contributed by atoms with Gasteiger partial charge in [-0.1, -0.05) is 23.2 Å². The number of carboxylic acids is 1. The van der Waals surface area contributed by atoms with Crippen LogP contribution in [0.15, 0.2) is 18.2 Å². The van der Waals surface area contributed by atoms with Gasteiger partial charge in [-0.05, 0) is 24.6 Å². The van der Waals surface area contributed by atoms with E-state index in [0.29, 0.717) is 28.8 Å². The van der Waals surface area contributed by atoms with Crippen LogP contribution in [0.3, 0.4) is 0 Å². The lowest BCUT2D eigenvalue weighted by molar-refractivity contribution is -0.158. The first-order chi connectivity index (χ1) is 8.99. The Kier molecular flexibility index (Phi) is 4.17. The Bertz CT molecular complexity index is 520. The van der Waals surface area contributed by atoms with E-state index in [1.807, 2.05) is 0 Å². The van der Waals surface area contributed by atoms with Crippen molar-refractivity contribution >= 4 is 35.1 Å². The van der Waals surface area contributed by atoms with Crippen molar-refractivity contribution in [1.29, 1.82) is 0 Å². The Morgan fingerprint density at radius 2 is 2.16 bits per heavy atom. The summed E-state index contributed by atoms with van der Waals surface area (Å²) in [7, 11) is 0. The molecule has 1 fully saturated rings. The highest BCUT2D eigenvalue weighted by Crippen LogP contribution is 2.27. The molecule has 1 amide bonds. The van der Waals surface area contributed by atoms with E-state index in [1.165, 1.54) is 11.0 Å². The third kappa shape index (κ3) is 3.11. The molecule has 19 heavy (non-hydrogen) atoms. The highest BCUT2D eigenvalue weighted by atomic mass is 35.5. The second-order valence-corrected chi connectivity index (χ2v) is 4.94. The number of benzene rings is 1. The molecule has 1 atom stereocenters. The lowest BCUT2D eigenvalue weighted by Gasteiger charge is -2.37. The number of nitrogens with zero attached hydrogens (tertiary/aromatic N) is 1. The Morgan fingerprint density at radius 1 is 1.42 bits per heavy atom. The second-order valence-electron chi connectivity index (χ2n) is 4.09.